The lowest BCUT2D eigenvalue weighted by atomic mass is 9.87. The number of amides is 2. The van der Waals surface area contributed by atoms with Crippen molar-refractivity contribution in [1.82, 2.24) is 9.80 Å². The number of carbonyl (C=O) groups excluding carboxylic acids is 2. The van der Waals surface area contributed by atoms with E-state index in [1.54, 1.807) is 4.90 Å². The molecule has 2 amide bonds. The van der Waals surface area contributed by atoms with Crippen LogP contribution in [0.3, 0.4) is 0 Å². The number of piperidine rings is 1. The van der Waals surface area contributed by atoms with Gasteiger partial charge in [-0.1, -0.05) is 48.5 Å². The summed E-state index contributed by atoms with van der Waals surface area (Å²) in [6.45, 7) is 6.14. The van der Waals surface area contributed by atoms with Crippen molar-refractivity contribution in [3.63, 3.8) is 0 Å². The lowest BCUT2D eigenvalue weighted by molar-refractivity contribution is -0.146. The van der Waals surface area contributed by atoms with Crippen molar-refractivity contribution in [2.45, 2.75) is 51.3 Å². The molecule has 1 fully saturated rings. The minimum absolute atomic E-state index is 0.356. The molecule has 1 unspecified atom stereocenters. The molecule has 0 saturated carbocycles. The first-order valence-corrected chi connectivity index (χ1v) is 11.9. The zero-order chi connectivity index (χ0) is 25.3. The van der Waals surface area contributed by atoms with E-state index >= 15 is 0 Å². The average Bonchev–Trinajstić information content (AvgIpc) is 3.15. The van der Waals surface area contributed by atoms with Crippen LogP contribution in [-0.4, -0.2) is 64.9 Å². The maximum Gasteiger partial charge on any atom is 0.411 e. The molecule has 1 aliphatic heterocycles. The molecule has 35 heavy (non-hydrogen) atoms. The molecule has 1 atom stereocenters. The predicted octanol–water partition coefficient (Wildman–Crippen LogP) is 4.93. The summed E-state index contributed by atoms with van der Waals surface area (Å²) in [5, 5.41) is 10.4. The number of nitrogens with zero attached hydrogens (tertiary/aromatic N) is 2. The maximum atomic E-state index is 13.2. The van der Waals surface area contributed by atoms with Crippen molar-refractivity contribution in [1.29, 1.82) is 0 Å². The minimum Gasteiger partial charge on any atom is -0.480 e. The highest BCUT2D eigenvalue weighted by atomic mass is 16.6. The van der Waals surface area contributed by atoms with Gasteiger partial charge in [0.1, 0.15) is 11.6 Å². The number of carboxylic acids is 1. The molecular weight excluding hydrogens is 448 g/mol. The first-order chi connectivity index (χ1) is 16.6. The van der Waals surface area contributed by atoms with E-state index in [4.69, 9.17) is 9.47 Å². The summed E-state index contributed by atoms with van der Waals surface area (Å²) in [6.07, 6.45) is -0.242. The molecule has 2 aromatic carbocycles. The van der Waals surface area contributed by atoms with Gasteiger partial charge in [-0.05, 0) is 61.8 Å². The van der Waals surface area contributed by atoms with Crippen LogP contribution in [0.1, 0.15) is 50.8 Å². The third kappa shape index (κ3) is 4.83. The molecule has 0 radical (unpaired) electrons. The third-order valence-electron chi connectivity index (χ3n) is 6.66. The van der Waals surface area contributed by atoms with Crippen LogP contribution in [0.4, 0.5) is 9.59 Å². The number of carboxylic acid groups (broad SMARTS) is 1. The second-order valence-corrected chi connectivity index (χ2v) is 10.0. The highest BCUT2D eigenvalue weighted by Crippen LogP contribution is 2.48. The molecule has 186 valence electrons. The largest absolute Gasteiger partial charge is 0.480 e. The van der Waals surface area contributed by atoms with E-state index in [0.29, 0.717) is 25.9 Å². The highest BCUT2D eigenvalue weighted by molar-refractivity contribution is 5.85. The van der Waals surface area contributed by atoms with Crippen LogP contribution in [0.15, 0.2) is 48.5 Å². The molecule has 1 aliphatic carbocycles. The second-order valence-electron chi connectivity index (χ2n) is 10.0. The molecule has 8 nitrogen and oxygen atoms in total. The quantitative estimate of drug-likeness (QED) is 0.667. The van der Waals surface area contributed by atoms with Gasteiger partial charge in [-0.3, -0.25) is 4.90 Å². The number of hydrogen-bond acceptors (Lipinski definition) is 5. The Labute approximate surface area is 205 Å². The topological polar surface area (TPSA) is 96.4 Å². The van der Waals surface area contributed by atoms with E-state index in [0.717, 1.165) is 22.3 Å². The smallest absolute Gasteiger partial charge is 0.411 e. The van der Waals surface area contributed by atoms with Gasteiger partial charge in [-0.2, -0.15) is 0 Å². The van der Waals surface area contributed by atoms with Crippen molar-refractivity contribution in [3.8, 4) is 11.1 Å². The van der Waals surface area contributed by atoms with E-state index < -0.39 is 35.8 Å². The fourth-order valence-electron chi connectivity index (χ4n) is 5.19. The summed E-state index contributed by atoms with van der Waals surface area (Å²) in [5.74, 6) is -1.45. The Morgan fingerprint density at radius 3 is 1.94 bits per heavy atom. The molecule has 1 saturated heterocycles. The van der Waals surface area contributed by atoms with Gasteiger partial charge < -0.3 is 19.5 Å². The van der Waals surface area contributed by atoms with Gasteiger partial charge in [0, 0.05) is 13.1 Å². The van der Waals surface area contributed by atoms with Crippen molar-refractivity contribution in [2.24, 2.45) is 5.92 Å². The summed E-state index contributed by atoms with van der Waals surface area (Å²) in [7, 11) is 1.27. The molecule has 1 heterocycles. The Kier molecular flexibility index (Phi) is 6.74. The van der Waals surface area contributed by atoms with Crippen molar-refractivity contribution in [3.05, 3.63) is 59.7 Å². The van der Waals surface area contributed by atoms with Gasteiger partial charge in [0.25, 0.3) is 0 Å². The second kappa shape index (κ2) is 9.60. The number of aliphatic carboxylic acids is 1. The number of methoxy groups -OCH3 is 1. The van der Waals surface area contributed by atoms with Crippen LogP contribution in [0.2, 0.25) is 0 Å². The Morgan fingerprint density at radius 1 is 0.971 bits per heavy atom. The molecule has 4 rings (SSSR count). The number of benzene rings is 2. The van der Waals surface area contributed by atoms with Crippen LogP contribution < -0.4 is 0 Å². The summed E-state index contributed by atoms with van der Waals surface area (Å²) in [4.78, 5) is 41.4. The maximum absolute atomic E-state index is 13.2. The van der Waals surface area contributed by atoms with E-state index in [1.165, 1.54) is 12.0 Å². The predicted molar refractivity (Wildman–Crippen MR) is 130 cm³/mol. The SMILES string of the molecule is COC(=O)N(C1c2ccccc2-c2ccccc21)C(C(=O)O)C1CCN(C(=O)OC(C)(C)C)CC1. The first-order valence-electron chi connectivity index (χ1n) is 11.9. The van der Waals surface area contributed by atoms with E-state index in [9.17, 15) is 19.5 Å². The van der Waals surface area contributed by atoms with Gasteiger partial charge in [-0.25, -0.2) is 14.4 Å². The van der Waals surface area contributed by atoms with Crippen LogP contribution in [0.5, 0.6) is 0 Å². The lowest BCUT2D eigenvalue weighted by Gasteiger charge is -2.41. The number of likely N-dealkylation sites (tertiary alicyclic amines) is 1. The molecule has 0 spiro atoms. The fourth-order valence-corrected chi connectivity index (χ4v) is 5.19. The van der Waals surface area contributed by atoms with Gasteiger partial charge >= 0.3 is 18.2 Å². The lowest BCUT2D eigenvalue weighted by Crippen LogP contribution is -2.54. The highest BCUT2D eigenvalue weighted by Gasteiger charge is 2.46. The molecular formula is C27H32N2O6. The van der Waals surface area contributed by atoms with Crippen LogP contribution in [0.25, 0.3) is 11.1 Å². The van der Waals surface area contributed by atoms with E-state index in [1.807, 2.05) is 69.3 Å². The molecule has 1 N–H and O–H groups in total. The standard InChI is InChI=1S/C27H32N2O6/c1-27(2,3)35-25(32)28-15-13-17(14-16-28)22(24(30)31)29(26(33)34-4)23-20-11-7-5-9-18(20)19-10-6-8-12-21(19)23/h5-12,17,22-23H,13-16H2,1-4H3,(H,30,31). The van der Waals surface area contributed by atoms with E-state index in [2.05, 4.69) is 0 Å². The van der Waals surface area contributed by atoms with Crippen LogP contribution in [-0.2, 0) is 14.3 Å². The third-order valence-corrected chi connectivity index (χ3v) is 6.66. The summed E-state index contributed by atoms with van der Waals surface area (Å²) >= 11 is 0. The van der Waals surface area contributed by atoms with Crippen LogP contribution in [0, 0.1) is 5.92 Å². The Bertz CT molecular complexity index is 1070. The average molecular weight is 481 g/mol. The molecule has 0 aromatic heterocycles. The summed E-state index contributed by atoms with van der Waals surface area (Å²) < 4.78 is 10.6. The van der Waals surface area contributed by atoms with Gasteiger partial charge in [0.15, 0.2) is 0 Å². The molecule has 0 bridgehead atoms. The number of hydrogen-bond donors (Lipinski definition) is 1. The monoisotopic (exact) mass is 480 g/mol. The number of carbonyl (C=O) groups is 3. The first kappa shape index (κ1) is 24.6. The van der Waals surface area contributed by atoms with Gasteiger partial charge in [0.05, 0.1) is 13.2 Å². The number of rotatable bonds is 4. The van der Waals surface area contributed by atoms with Gasteiger partial charge in [-0.15, -0.1) is 0 Å². The summed E-state index contributed by atoms with van der Waals surface area (Å²) in [6, 6.07) is 13.8. The molecule has 2 aromatic rings. The van der Waals surface area contributed by atoms with Crippen molar-refractivity contribution < 1.29 is 29.0 Å². The summed E-state index contributed by atoms with van der Waals surface area (Å²) in [5.41, 5.74) is 3.09. The van der Waals surface area contributed by atoms with Crippen LogP contribution >= 0.6 is 0 Å². The Morgan fingerprint density at radius 2 is 1.49 bits per heavy atom. The van der Waals surface area contributed by atoms with E-state index in [-0.39, 0.29) is 5.92 Å². The Hall–Kier alpha value is -3.55. The molecule has 8 heteroatoms. The minimum atomic E-state index is -1.12. The fraction of sp³-hybridized carbons (Fsp3) is 0.444. The van der Waals surface area contributed by atoms with Crippen molar-refractivity contribution >= 4 is 18.2 Å². The number of fused-ring (bicyclic) bond motifs is 3. The zero-order valence-corrected chi connectivity index (χ0v) is 20.6. The normalized spacial score (nSPS) is 16.7. The number of ether oxygens (including phenoxy) is 2. The zero-order valence-electron chi connectivity index (χ0n) is 20.6. The van der Waals surface area contributed by atoms with Gasteiger partial charge in [0.2, 0.25) is 0 Å². The van der Waals surface area contributed by atoms with Crippen molar-refractivity contribution in [2.75, 3.05) is 20.2 Å². The Balaban J connectivity index is 1.66. The molecule has 2 aliphatic rings.